The van der Waals surface area contributed by atoms with E-state index in [-0.39, 0.29) is 23.4 Å². The number of phenols is 1. The Kier molecular flexibility index (Phi) is 2.89. The third kappa shape index (κ3) is 2.13. The maximum absolute atomic E-state index is 10.4. The monoisotopic (exact) mass is 338 g/mol. The van der Waals surface area contributed by atoms with Gasteiger partial charge in [-0.25, -0.2) is 0 Å². The molecule has 0 fully saturated rings. The Labute approximate surface area is 147 Å². The second-order valence-corrected chi connectivity index (χ2v) is 7.97. The van der Waals surface area contributed by atoms with E-state index < -0.39 is 0 Å². The predicted octanol–water partition coefficient (Wildman–Crippen LogP) is 4.41. The van der Waals surface area contributed by atoms with Crippen LogP contribution in [0, 0.1) is 6.92 Å². The first-order chi connectivity index (χ1) is 11.9. The molecule has 2 atom stereocenters. The van der Waals surface area contributed by atoms with Crippen molar-refractivity contribution in [1.82, 2.24) is 0 Å². The molecule has 4 nitrogen and oxygen atoms in total. The molecule has 4 heteroatoms. The standard InChI is InChI=1S/C21H22O4/c1-11-4-5-12-14-10-23-17-9-15(22)13-6-7-21(2,3)25-20(13)18(17)19(14)24-16(12)8-11/h4-5,8-9,14,19,22H,6-7,10H2,1-3H3. The number of fused-ring (bicyclic) bond motifs is 7. The van der Waals surface area contributed by atoms with Crippen LogP contribution in [0.4, 0.5) is 0 Å². The fourth-order valence-electron chi connectivity index (χ4n) is 4.23. The fraction of sp³-hybridized carbons (Fsp3) is 0.429. The van der Waals surface area contributed by atoms with Crippen molar-refractivity contribution in [3.05, 3.63) is 46.5 Å². The van der Waals surface area contributed by atoms with Gasteiger partial charge in [0.1, 0.15) is 34.7 Å². The largest absolute Gasteiger partial charge is 0.507 e. The van der Waals surface area contributed by atoms with Gasteiger partial charge in [-0.15, -0.1) is 0 Å². The molecule has 25 heavy (non-hydrogen) atoms. The first kappa shape index (κ1) is 14.9. The summed E-state index contributed by atoms with van der Waals surface area (Å²) < 4.78 is 18.7. The van der Waals surface area contributed by atoms with Gasteiger partial charge in [0.15, 0.2) is 0 Å². The highest BCUT2D eigenvalue weighted by molar-refractivity contribution is 5.62. The normalized spacial score (nSPS) is 24.8. The second-order valence-electron chi connectivity index (χ2n) is 7.97. The number of aryl methyl sites for hydroxylation is 1. The molecule has 1 N–H and O–H groups in total. The number of phenolic OH excluding ortho intramolecular Hbond substituents is 1. The van der Waals surface area contributed by atoms with E-state index in [1.807, 2.05) is 0 Å². The zero-order chi connectivity index (χ0) is 17.3. The smallest absolute Gasteiger partial charge is 0.141 e. The van der Waals surface area contributed by atoms with Gasteiger partial charge in [0, 0.05) is 17.2 Å². The minimum absolute atomic E-state index is 0.121. The molecule has 0 spiro atoms. The van der Waals surface area contributed by atoms with Gasteiger partial charge in [-0.2, -0.15) is 0 Å². The summed E-state index contributed by atoms with van der Waals surface area (Å²) in [5, 5.41) is 10.4. The van der Waals surface area contributed by atoms with E-state index in [4.69, 9.17) is 14.2 Å². The molecular formula is C21H22O4. The van der Waals surface area contributed by atoms with Gasteiger partial charge in [0.2, 0.25) is 0 Å². The summed E-state index contributed by atoms with van der Waals surface area (Å²) in [6, 6.07) is 8.07. The van der Waals surface area contributed by atoms with E-state index in [2.05, 4.69) is 39.0 Å². The summed E-state index contributed by atoms with van der Waals surface area (Å²) in [6.45, 7) is 6.79. The lowest BCUT2D eigenvalue weighted by atomic mass is 9.85. The number of benzene rings is 2. The van der Waals surface area contributed by atoms with Gasteiger partial charge in [-0.3, -0.25) is 0 Å². The summed E-state index contributed by atoms with van der Waals surface area (Å²) in [7, 11) is 0. The van der Waals surface area contributed by atoms with Crippen LogP contribution < -0.4 is 14.2 Å². The van der Waals surface area contributed by atoms with Crippen molar-refractivity contribution in [3.63, 3.8) is 0 Å². The molecule has 2 aromatic rings. The number of aromatic hydroxyl groups is 1. The molecule has 5 rings (SSSR count). The molecule has 0 aliphatic carbocycles. The van der Waals surface area contributed by atoms with Gasteiger partial charge in [-0.05, 0) is 45.2 Å². The molecule has 0 bridgehead atoms. The first-order valence-electron chi connectivity index (χ1n) is 8.91. The topological polar surface area (TPSA) is 47.9 Å². The Morgan fingerprint density at radius 3 is 2.84 bits per heavy atom. The van der Waals surface area contributed by atoms with Crippen molar-refractivity contribution >= 4 is 0 Å². The highest BCUT2D eigenvalue weighted by atomic mass is 16.5. The zero-order valence-electron chi connectivity index (χ0n) is 14.8. The molecule has 0 radical (unpaired) electrons. The molecule has 130 valence electrons. The van der Waals surface area contributed by atoms with Crippen LogP contribution in [0.5, 0.6) is 23.0 Å². The quantitative estimate of drug-likeness (QED) is 0.773. The summed E-state index contributed by atoms with van der Waals surface area (Å²) in [5.74, 6) is 2.79. The Hall–Kier alpha value is -2.36. The minimum atomic E-state index is -0.260. The lowest BCUT2D eigenvalue weighted by Crippen LogP contribution is -2.34. The summed E-state index contributed by atoms with van der Waals surface area (Å²) in [4.78, 5) is 0. The molecular weight excluding hydrogens is 316 g/mol. The lowest BCUT2D eigenvalue weighted by Gasteiger charge is -2.37. The number of rotatable bonds is 0. The van der Waals surface area contributed by atoms with Gasteiger partial charge in [0.25, 0.3) is 0 Å². The Morgan fingerprint density at radius 1 is 1.16 bits per heavy atom. The number of ether oxygens (including phenoxy) is 3. The average molecular weight is 338 g/mol. The maximum atomic E-state index is 10.4. The number of hydrogen-bond donors (Lipinski definition) is 1. The molecule has 2 aromatic carbocycles. The van der Waals surface area contributed by atoms with E-state index in [1.165, 1.54) is 11.1 Å². The average Bonchev–Trinajstić information content (AvgIpc) is 2.90. The van der Waals surface area contributed by atoms with Crippen molar-refractivity contribution in [1.29, 1.82) is 0 Å². The summed E-state index contributed by atoms with van der Waals surface area (Å²) in [6.07, 6.45) is 1.55. The van der Waals surface area contributed by atoms with E-state index in [9.17, 15) is 5.11 Å². The minimum Gasteiger partial charge on any atom is -0.507 e. The summed E-state index contributed by atoms with van der Waals surface area (Å²) >= 11 is 0. The van der Waals surface area contributed by atoms with Crippen LogP contribution >= 0.6 is 0 Å². The SMILES string of the molecule is Cc1ccc2c(c1)OC1c3c(cc(O)c4c3OC(C)(C)CC4)OCC21. The van der Waals surface area contributed by atoms with E-state index in [0.717, 1.165) is 35.5 Å². The van der Waals surface area contributed by atoms with E-state index in [1.54, 1.807) is 6.07 Å². The Morgan fingerprint density at radius 2 is 2.00 bits per heavy atom. The molecule has 3 heterocycles. The van der Waals surface area contributed by atoms with Crippen LogP contribution in [-0.4, -0.2) is 17.3 Å². The second kappa shape index (κ2) is 4.84. The molecule has 0 saturated carbocycles. The highest BCUT2D eigenvalue weighted by Crippen LogP contribution is 2.57. The molecule has 0 amide bonds. The Bertz CT molecular complexity index is 884. The zero-order valence-corrected chi connectivity index (χ0v) is 14.8. The van der Waals surface area contributed by atoms with Gasteiger partial charge < -0.3 is 19.3 Å². The predicted molar refractivity (Wildman–Crippen MR) is 93.9 cm³/mol. The van der Waals surface area contributed by atoms with Crippen molar-refractivity contribution in [3.8, 4) is 23.0 Å². The molecule has 0 aromatic heterocycles. The third-order valence-electron chi connectivity index (χ3n) is 5.61. The number of hydrogen-bond acceptors (Lipinski definition) is 4. The van der Waals surface area contributed by atoms with Crippen LogP contribution in [0.25, 0.3) is 0 Å². The van der Waals surface area contributed by atoms with Crippen molar-refractivity contribution < 1.29 is 19.3 Å². The van der Waals surface area contributed by atoms with E-state index in [0.29, 0.717) is 12.4 Å². The van der Waals surface area contributed by atoms with Crippen LogP contribution in [0.15, 0.2) is 24.3 Å². The van der Waals surface area contributed by atoms with Gasteiger partial charge in [-0.1, -0.05) is 12.1 Å². The Balaban J connectivity index is 1.67. The molecule has 2 unspecified atom stereocenters. The van der Waals surface area contributed by atoms with Gasteiger partial charge >= 0.3 is 0 Å². The highest BCUT2D eigenvalue weighted by Gasteiger charge is 2.45. The lowest BCUT2D eigenvalue weighted by molar-refractivity contribution is 0.0706. The fourth-order valence-corrected chi connectivity index (χ4v) is 4.23. The molecule has 3 aliphatic heterocycles. The maximum Gasteiger partial charge on any atom is 0.141 e. The molecule has 3 aliphatic rings. The summed E-state index contributed by atoms with van der Waals surface area (Å²) in [5.41, 5.74) is 3.94. The van der Waals surface area contributed by atoms with Crippen LogP contribution in [-0.2, 0) is 6.42 Å². The van der Waals surface area contributed by atoms with Crippen molar-refractivity contribution in [2.75, 3.05) is 6.61 Å². The molecule has 0 saturated heterocycles. The van der Waals surface area contributed by atoms with Crippen molar-refractivity contribution in [2.24, 2.45) is 0 Å². The van der Waals surface area contributed by atoms with Crippen LogP contribution in [0.3, 0.4) is 0 Å². The van der Waals surface area contributed by atoms with Gasteiger partial charge in [0.05, 0.1) is 18.1 Å². The van der Waals surface area contributed by atoms with E-state index >= 15 is 0 Å². The third-order valence-corrected chi connectivity index (χ3v) is 5.61. The van der Waals surface area contributed by atoms with Crippen LogP contribution in [0.1, 0.15) is 54.5 Å². The van der Waals surface area contributed by atoms with Crippen molar-refractivity contribution in [2.45, 2.75) is 51.2 Å². The first-order valence-corrected chi connectivity index (χ1v) is 8.91. The van der Waals surface area contributed by atoms with Crippen LogP contribution in [0.2, 0.25) is 0 Å².